The lowest BCUT2D eigenvalue weighted by Crippen LogP contribution is -2.31. The van der Waals surface area contributed by atoms with E-state index >= 15 is 0 Å². The number of carbonyl (C=O) groups excluding carboxylic acids is 1. The molecule has 0 unspecified atom stereocenters. The van der Waals surface area contributed by atoms with Crippen LogP contribution in [-0.2, 0) is 6.42 Å². The molecule has 5 nitrogen and oxygen atoms in total. The second kappa shape index (κ2) is 8.63. The van der Waals surface area contributed by atoms with E-state index in [9.17, 15) is 9.18 Å². The van der Waals surface area contributed by atoms with Gasteiger partial charge in [0.1, 0.15) is 5.82 Å². The lowest BCUT2D eigenvalue weighted by atomic mass is 10.0. The van der Waals surface area contributed by atoms with E-state index in [0.717, 1.165) is 47.8 Å². The smallest absolute Gasteiger partial charge is 0.168 e. The molecule has 0 bridgehead atoms. The van der Waals surface area contributed by atoms with Crippen molar-refractivity contribution < 1.29 is 9.18 Å². The summed E-state index contributed by atoms with van der Waals surface area (Å²) in [6.07, 6.45) is 8.28. The zero-order valence-electron chi connectivity index (χ0n) is 18.0. The Bertz CT molecular complexity index is 1260. The fourth-order valence-corrected chi connectivity index (χ4v) is 4.31. The van der Waals surface area contributed by atoms with Gasteiger partial charge in [0, 0.05) is 34.6 Å². The molecule has 0 atom stereocenters. The van der Waals surface area contributed by atoms with E-state index in [-0.39, 0.29) is 18.0 Å². The monoisotopic (exact) mass is 428 g/mol. The van der Waals surface area contributed by atoms with Gasteiger partial charge in [-0.15, -0.1) is 0 Å². The van der Waals surface area contributed by atoms with Crippen molar-refractivity contribution in [3.63, 3.8) is 0 Å². The molecule has 0 aliphatic carbocycles. The van der Waals surface area contributed by atoms with Gasteiger partial charge < -0.3 is 4.90 Å². The van der Waals surface area contributed by atoms with Crippen LogP contribution < -0.4 is 0 Å². The fraction of sp³-hybridized carbons (Fsp3) is 0.269. The number of ketones is 1. The quantitative estimate of drug-likeness (QED) is 0.423. The van der Waals surface area contributed by atoms with Crippen LogP contribution in [0.15, 0.2) is 67.1 Å². The van der Waals surface area contributed by atoms with Crippen LogP contribution in [0.4, 0.5) is 4.39 Å². The van der Waals surface area contributed by atoms with Crippen molar-refractivity contribution in [3.8, 4) is 11.1 Å². The van der Waals surface area contributed by atoms with E-state index in [4.69, 9.17) is 0 Å². The van der Waals surface area contributed by atoms with Crippen LogP contribution in [0.5, 0.6) is 0 Å². The van der Waals surface area contributed by atoms with E-state index in [0.29, 0.717) is 17.3 Å². The second-order valence-electron chi connectivity index (χ2n) is 8.59. The standard InChI is InChI=1S/C26H25FN4O/c1-30-10-8-25(9-11-30)31-17-22(16-29-31)19-2-3-20-15-28-24(13-21(20)12-19)14-26(32)18-4-6-23(27)7-5-18/h2-7,12-13,15-17,25H,8-11,14H2,1H3. The van der Waals surface area contributed by atoms with Gasteiger partial charge in [-0.1, -0.05) is 12.1 Å². The van der Waals surface area contributed by atoms with Crippen molar-refractivity contribution in [2.45, 2.75) is 25.3 Å². The first-order valence-electron chi connectivity index (χ1n) is 11.0. The molecule has 6 heteroatoms. The molecule has 32 heavy (non-hydrogen) atoms. The van der Waals surface area contributed by atoms with Gasteiger partial charge in [-0.3, -0.25) is 14.5 Å². The first kappa shape index (κ1) is 20.5. The molecule has 3 heterocycles. The zero-order chi connectivity index (χ0) is 22.1. The Morgan fingerprint density at radius 3 is 2.56 bits per heavy atom. The van der Waals surface area contributed by atoms with Crippen LogP contribution in [0.3, 0.4) is 0 Å². The van der Waals surface area contributed by atoms with Gasteiger partial charge in [0.2, 0.25) is 0 Å². The van der Waals surface area contributed by atoms with Crippen LogP contribution in [-0.4, -0.2) is 45.6 Å². The molecule has 0 radical (unpaired) electrons. The number of Topliss-reactive ketones (excluding diaryl/α,β-unsaturated/α-hetero) is 1. The Balaban J connectivity index is 1.36. The Morgan fingerprint density at radius 1 is 1.00 bits per heavy atom. The lowest BCUT2D eigenvalue weighted by Gasteiger charge is -2.28. The average molecular weight is 429 g/mol. The molecule has 162 valence electrons. The van der Waals surface area contributed by atoms with Crippen molar-refractivity contribution >= 4 is 16.6 Å². The minimum Gasteiger partial charge on any atom is -0.306 e. The van der Waals surface area contributed by atoms with E-state index in [2.05, 4.69) is 51.1 Å². The number of rotatable bonds is 5. The van der Waals surface area contributed by atoms with Gasteiger partial charge in [-0.2, -0.15) is 5.10 Å². The van der Waals surface area contributed by atoms with Crippen molar-refractivity contribution in [1.82, 2.24) is 19.7 Å². The molecule has 0 saturated carbocycles. The fourth-order valence-electron chi connectivity index (χ4n) is 4.31. The van der Waals surface area contributed by atoms with Crippen molar-refractivity contribution in [1.29, 1.82) is 0 Å². The van der Waals surface area contributed by atoms with E-state index in [1.807, 2.05) is 12.3 Å². The summed E-state index contributed by atoms with van der Waals surface area (Å²) < 4.78 is 15.2. The normalized spacial score (nSPS) is 15.3. The molecular formula is C26H25FN4O. The molecule has 0 spiro atoms. The van der Waals surface area contributed by atoms with Crippen LogP contribution in [0.2, 0.25) is 0 Å². The maximum absolute atomic E-state index is 13.1. The van der Waals surface area contributed by atoms with Gasteiger partial charge in [-0.05, 0) is 80.3 Å². The highest BCUT2D eigenvalue weighted by atomic mass is 19.1. The predicted molar refractivity (Wildman–Crippen MR) is 123 cm³/mol. The molecule has 1 aliphatic heterocycles. The first-order valence-corrected chi connectivity index (χ1v) is 11.0. The number of nitrogens with zero attached hydrogens (tertiary/aromatic N) is 4. The second-order valence-corrected chi connectivity index (χ2v) is 8.59. The van der Waals surface area contributed by atoms with Gasteiger partial charge in [0.05, 0.1) is 18.7 Å². The Labute approximate surface area is 186 Å². The number of carbonyl (C=O) groups is 1. The summed E-state index contributed by atoms with van der Waals surface area (Å²) in [6.45, 7) is 2.20. The zero-order valence-corrected chi connectivity index (χ0v) is 18.0. The summed E-state index contributed by atoms with van der Waals surface area (Å²) in [6, 6.07) is 14.3. The predicted octanol–water partition coefficient (Wildman–Crippen LogP) is 4.93. The van der Waals surface area contributed by atoms with Crippen LogP contribution in [0, 0.1) is 5.82 Å². The van der Waals surface area contributed by atoms with Gasteiger partial charge in [-0.25, -0.2) is 4.39 Å². The molecule has 0 N–H and O–H groups in total. The van der Waals surface area contributed by atoms with Gasteiger partial charge >= 0.3 is 0 Å². The number of hydrogen-bond donors (Lipinski definition) is 0. The van der Waals surface area contributed by atoms with Crippen LogP contribution >= 0.6 is 0 Å². The molecular weight excluding hydrogens is 403 g/mol. The summed E-state index contributed by atoms with van der Waals surface area (Å²) in [5.41, 5.74) is 3.37. The van der Waals surface area contributed by atoms with Crippen molar-refractivity contribution in [2.24, 2.45) is 0 Å². The number of halogens is 1. The number of aromatic nitrogens is 3. The minimum atomic E-state index is -0.350. The third-order valence-electron chi connectivity index (χ3n) is 6.28. The summed E-state index contributed by atoms with van der Waals surface area (Å²) in [5.74, 6) is -0.426. The summed E-state index contributed by atoms with van der Waals surface area (Å²) in [4.78, 5) is 19.4. The van der Waals surface area contributed by atoms with Gasteiger partial charge in [0.25, 0.3) is 0 Å². The van der Waals surface area contributed by atoms with Gasteiger partial charge in [0.15, 0.2) is 5.78 Å². The van der Waals surface area contributed by atoms with E-state index in [1.54, 1.807) is 6.20 Å². The largest absolute Gasteiger partial charge is 0.306 e. The molecule has 2 aromatic heterocycles. The maximum Gasteiger partial charge on any atom is 0.168 e. The third kappa shape index (κ3) is 4.32. The SMILES string of the molecule is CN1CCC(n2cc(-c3ccc4cnc(CC(=O)c5ccc(F)cc5)cc4c3)cn2)CC1. The molecule has 1 fully saturated rings. The number of pyridine rings is 1. The highest BCUT2D eigenvalue weighted by Crippen LogP contribution is 2.27. The Morgan fingerprint density at radius 2 is 1.78 bits per heavy atom. The van der Waals surface area contributed by atoms with Crippen molar-refractivity contribution in [2.75, 3.05) is 20.1 Å². The summed E-state index contributed by atoms with van der Waals surface area (Å²) in [7, 11) is 2.16. The number of benzene rings is 2. The van der Waals surface area contributed by atoms with Crippen molar-refractivity contribution in [3.05, 3.63) is 84.2 Å². The highest BCUT2D eigenvalue weighted by Gasteiger charge is 2.19. The molecule has 4 aromatic rings. The lowest BCUT2D eigenvalue weighted by molar-refractivity contribution is 0.0992. The number of likely N-dealkylation sites (tertiary alicyclic amines) is 1. The Kier molecular flexibility index (Phi) is 5.53. The van der Waals surface area contributed by atoms with Crippen LogP contribution in [0.25, 0.3) is 21.9 Å². The number of hydrogen-bond acceptors (Lipinski definition) is 4. The van der Waals surface area contributed by atoms with E-state index in [1.165, 1.54) is 24.3 Å². The molecule has 1 saturated heterocycles. The van der Waals surface area contributed by atoms with Crippen LogP contribution in [0.1, 0.15) is 34.9 Å². The molecule has 2 aromatic carbocycles. The average Bonchev–Trinajstić information content (AvgIpc) is 3.30. The number of fused-ring (bicyclic) bond motifs is 1. The molecule has 1 aliphatic rings. The first-order chi connectivity index (χ1) is 15.5. The summed E-state index contributed by atoms with van der Waals surface area (Å²) >= 11 is 0. The maximum atomic E-state index is 13.1. The Hall–Kier alpha value is -3.38. The summed E-state index contributed by atoms with van der Waals surface area (Å²) in [5, 5.41) is 6.69. The number of piperidine rings is 1. The third-order valence-corrected chi connectivity index (χ3v) is 6.28. The molecule has 5 rings (SSSR count). The highest BCUT2D eigenvalue weighted by molar-refractivity contribution is 5.97. The molecule has 0 amide bonds. The van der Waals surface area contributed by atoms with E-state index < -0.39 is 0 Å². The topological polar surface area (TPSA) is 51.0 Å². The minimum absolute atomic E-state index is 0.0765.